The first kappa shape index (κ1) is 14.2. The van der Waals surface area contributed by atoms with Gasteiger partial charge >= 0.3 is 5.97 Å². The number of halogens is 1. The quantitative estimate of drug-likeness (QED) is 0.910. The average Bonchev–Trinajstić information content (AvgIpc) is 2.75. The van der Waals surface area contributed by atoms with Gasteiger partial charge in [0.15, 0.2) is 0 Å². The molecule has 6 heteroatoms. The molecule has 0 aliphatic carbocycles. The van der Waals surface area contributed by atoms with Gasteiger partial charge in [-0.05, 0) is 17.5 Å². The molecule has 0 fully saturated rings. The fraction of sp³-hybridized carbons (Fsp3) is 0.357. The van der Waals surface area contributed by atoms with Gasteiger partial charge in [-0.1, -0.05) is 26.0 Å². The fourth-order valence-corrected chi connectivity index (χ4v) is 1.95. The van der Waals surface area contributed by atoms with E-state index in [1.165, 1.54) is 6.07 Å². The van der Waals surface area contributed by atoms with Gasteiger partial charge in [0.25, 0.3) is 5.89 Å². The van der Waals surface area contributed by atoms with Crippen LogP contribution in [0.1, 0.15) is 26.2 Å². The molecule has 5 nitrogen and oxygen atoms in total. The Hall–Kier alpha value is -2.24. The highest BCUT2D eigenvalue weighted by molar-refractivity contribution is 5.67. The van der Waals surface area contributed by atoms with Gasteiger partial charge in [0.1, 0.15) is 5.82 Å². The molecule has 0 saturated carbocycles. The molecule has 0 saturated heterocycles. The van der Waals surface area contributed by atoms with Crippen LogP contribution in [0.3, 0.4) is 0 Å². The lowest BCUT2D eigenvalue weighted by Crippen LogP contribution is -2.19. The van der Waals surface area contributed by atoms with Gasteiger partial charge in [0.05, 0.1) is 12.0 Å². The zero-order chi connectivity index (χ0) is 14.8. The summed E-state index contributed by atoms with van der Waals surface area (Å²) in [6.07, 6.45) is 0.311. The Morgan fingerprint density at radius 1 is 1.35 bits per heavy atom. The van der Waals surface area contributed by atoms with E-state index in [2.05, 4.69) is 10.2 Å². The summed E-state index contributed by atoms with van der Waals surface area (Å²) < 4.78 is 19.0. The third-order valence-electron chi connectivity index (χ3n) is 2.83. The zero-order valence-corrected chi connectivity index (χ0v) is 11.3. The Bertz CT molecular complexity index is 622. The van der Waals surface area contributed by atoms with Crippen molar-refractivity contribution in [1.29, 1.82) is 0 Å². The molecule has 2 aromatic rings. The number of carboxylic acids is 1. The van der Waals surface area contributed by atoms with Gasteiger partial charge < -0.3 is 9.52 Å². The van der Waals surface area contributed by atoms with Crippen molar-refractivity contribution in [1.82, 2.24) is 10.2 Å². The average molecular weight is 278 g/mol. The van der Waals surface area contributed by atoms with Crippen LogP contribution in [-0.2, 0) is 11.2 Å². The molecular formula is C14H15FN2O3. The van der Waals surface area contributed by atoms with Crippen LogP contribution in [0.2, 0.25) is 0 Å². The number of carboxylic acid groups (broad SMARTS) is 1. The number of aliphatic carboxylic acids is 1. The molecule has 1 N–H and O–H groups in total. The summed E-state index contributed by atoms with van der Waals surface area (Å²) in [6, 6.07) is 6.12. The van der Waals surface area contributed by atoms with Crippen molar-refractivity contribution in [3.8, 4) is 11.5 Å². The first-order chi connectivity index (χ1) is 9.37. The maximum atomic E-state index is 13.6. The van der Waals surface area contributed by atoms with Crippen molar-refractivity contribution >= 4 is 5.97 Å². The molecule has 0 bridgehead atoms. The van der Waals surface area contributed by atoms with E-state index in [0.29, 0.717) is 12.3 Å². The van der Waals surface area contributed by atoms with E-state index in [1.54, 1.807) is 32.0 Å². The van der Waals surface area contributed by atoms with Crippen molar-refractivity contribution in [3.63, 3.8) is 0 Å². The lowest BCUT2D eigenvalue weighted by Gasteiger charge is -2.19. The minimum atomic E-state index is -0.885. The third-order valence-corrected chi connectivity index (χ3v) is 2.83. The first-order valence-electron chi connectivity index (χ1n) is 6.16. The van der Waals surface area contributed by atoms with E-state index in [9.17, 15) is 9.18 Å². The molecule has 0 atom stereocenters. The molecule has 0 aliphatic heterocycles. The van der Waals surface area contributed by atoms with Crippen LogP contribution < -0.4 is 0 Å². The lowest BCUT2D eigenvalue weighted by molar-refractivity contribution is -0.139. The minimum Gasteiger partial charge on any atom is -0.481 e. The molecule has 0 spiro atoms. The molecule has 0 radical (unpaired) electrons. The highest BCUT2D eigenvalue weighted by atomic mass is 19.1. The van der Waals surface area contributed by atoms with E-state index in [0.717, 1.165) is 0 Å². The largest absolute Gasteiger partial charge is 0.481 e. The number of benzene rings is 1. The Labute approximate surface area is 115 Å². The zero-order valence-electron chi connectivity index (χ0n) is 11.3. The van der Waals surface area contributed by atoms with E-state index in [-0.39, 0.29) is 17.9 Å². The molecule has 0 unspecified atom stereocenters. The van der Waals surface area contributed by atoms with Crippen molar-refractivity contribution in [2.75, 3.05) is 0 Å². The summed E-state index contributed by atoms with van der Waals surface area (Å²) in [4.78, 5) is 10.8. The molecule has 1 heterocycles. The number of nitrogens with zero attached hydrogens (tertiary/aromatic N) is 2. The van der Waals surface area contributed by atoms with Crippen LogP contribution in [0.25, 0.3) is 11.5 Å². The van der Waals surface area contributed by atoms with Crippen LogP contribution in [0.5, 0.6) is 0 Å². The van der Waals surface area contributed by atoms with E-state index in [1.807, 2.05) is 0 Å². The SMILES string of the molecule is CC(C)(CC(=O)O)Cc1nnc(-c2ccccc2F)o1. The molecular weight excluding hydrogens is 263 g/mol. The van der Waals surface area contributed by atoms with Crippen molar-refractivity contribution in [2.24, 2.45) is 5.41 Å². The third kappa shape index (κ3) is 3.40. The van der Waals surface area contributed by atoms with Gasteiger partial charge in [0.2, 0.25) is 5.89 Å². The minimum absolute atomic E-state index is 0.00951. The Balaban J connectivity index is 2.18. The lowest BCUT2D eigenvalue weighted by atomic mass is 9.86. The van der Waals surface area contributed by atoms with Gasteiger partial charge in [0, 0.05) is 6.42 Å². The van der Waals surface area contributed by atoms with Gasteiger partial charge in [-0.15, -0.1) is 10.2 Å². The van der Waals surface area contributed by atoms with Crippen LogP contribution in [0, 0.1) is 11.2 Å². The number of hydrogen-bond acceptors (Lipinski definition) is 4. The van der Waals surface area contributed by atoms with E-state index in [4.69, 9.17) is 9.52 Å². The predicted molar refractivity (Wildman–Crippen MR) is 69.4 cm³/mol. The number of aromatic nitrogens is 2. The number of carbonyl (C=O) groups is 1. The summed E-state index contributed by atoms with van der Waals surface area (Å²) >= 11 is 0. The normalized spacial score (nSPS) is 11.6. The maximum absolute atomic E-state index is 13.6. The topological polar surface area (TPSA) is 76.2 Å². The van der Waals surface area contributed by atoms with Crippen LogP contribution in [0.15, 0.2) is 28.7 Å². The van der Waals surface area contributed by atoms with Gasteiger partial charge in [-0.2, -0.15) is 0 Å². The molecule has 1 aromatic heterocycles. The molecule has 0 aliphatic rings. The van der Waals surface area contributed by atoms with E-state index >= 15 is 0 Å². The Kier molecular flexibility index (Phi) is 3.83. The summed E-state index contributed by atoms with van der Waals surface area (Å²) in [7, 11) is 0. The van der Waals surface area contributed by atoms with Crippen LogP contribution in [0.4, 0.5) is 4.39 Å². The maximum Gasteiger partial charge on any atom is 0.303 e. The second-order valence-corrected chi connectivity index (χ2v) is 5.39. The molecule has 2 rings (SSSR count). The first-order valence-corrected chi connectivity index (χ1v) is 6.16. The van der Waals surface area contributed by atoms with E-state index < -0.39 is 17.2 Å². The molecule has 20 heavy (non-hydrogen) atoms. The second-order valence-electron chi connectivity index (χ2n) is 5.39. The smallest absolute Gasteiger partial charge is 0.303 e. The highest BCUT2D eigenvalue weighted by Gasteiger charge is 2.25. The summed E-state index contributed by atoms with van der Waals surface area (Å²) in [6.45, 7) is 3.60. The van der Waals surface area contributed by atoms with Crippen molar-refractivity contribution in [2.45, 2.75) is 26.7 Å². The summed E-state index contributed by atoms with van der Waals surface area (Å²) in [5.74, 6) is -0.921. The standard InChI is InChI=1S/C14H15FN2O3/c1-14(2,8-12(18)19)7-11-16-17-13(20-11)9-5-3-4-6-10(9)15/h3-6H,7-8H2,1-2H3,(H,18,19). The highest BCUT2D eigenvalue weighted by Crippen LogP contribution is 2.27. The van der Waals surface area contributed by atoms with Crippen molar-refractivity contribution < 1.29 is 18.7 Å². The Morgan fingerprint density at radius 3 is 2.70 bits per heavy atom. The van der Waals surface area contributed by atoms with Gasteiger partial charge in [-0.3, -0.25) is 4.79 Å². The van der Waals surface area contributed by atoms with Crippen LogP contribution >= 0.6 is 0 Å². The van der Waals surface area contributed by atoms with Crippen molar-refractivity contribution in [3.05, 3.63) is 36.0 Å². The predicted octanol–water partition coefficient (Wildman–Crippen LogP) is 2.92. The van der Waals surface area contributed by atoms with Crippen LogP contribution in [-0.4, -0.2) is 21.3 Å². The molecule has 1 aromatic carbocycles. The Morgan fingerprint density at radius 2 is 2.05 bits per heavy atom. The summed E-state index contributed by atoms with van der Waals surface area (Å²) in [5.41, 5.74) is -0.271. The van der Waals surface area contributed by atoms with Gasteiger partial charge in [-0.25, -0.2) is 4.39 Å². The summed E-state index contributed by atoms with van der Waals surface area (Å²) in [5, 5.41) is 16.5. The molecule has 106 valence electrons. The monoisotopic (exact) mass is 278 g/mol. The number of hydrogen-bond donors (Lipinski definition) is 1. The fourth-order valence-electron chi connectivity index (χ4n) is 1.95. The molecule has 0 amide bonds. The second kappa shape index (κ2) is 5.40. The number of rotatable bonds is 5.